The third-order valence-corrected chi connectivity index (χ3v) is 6.32. The maximum Gasteiger partial charge on any atom is 0.180 e. The molecule has 2 atom stereocenters. The molecule has 6 nitrogen and oxygen atoms in total. The normalized spacial score (nSPS) is 24.4. The summed E-state index contributed by atoms with van der Waals surface area (Å²) in [5, 5.41) is 0. The maximum atomic E-state index is 6.21. The lowest BCUT2D eigenvalue weighted by Crippen LogP contribution is -2.45. The van der Waals surface area contributed by atoms with Crippen LogP contribution in [0.2, 0.25) is 0 Å². The first-order chi connectivity index (χ1) is 13.8. The van der Waals surface area contributed by atoms with Crippen molar-refractivity contribution in [3.05, 3.63) is 29.6 Å². The van der Waals surface area contributed by atoms with Gasteiger partial charge in [-0.05, 0) is 57.4 Å². The van der Waals surface area contributed by atoms with Crippen molar-refractivity contribution in [2.24, 2.45) is 0 Å². The first kappa shape index (κ1) is 17.9. The van der Waals surface area contributed by atoms with Crippen molar-refractivity contribution in [3.8, 4) is 17.3 Å². The first-order valence-corrected chi connectivity index (χ1v) is 10.6. The van der Waals surface area contributed by atoms with Gasteiger partial charge in [0.2, 0.25) is 0 Å². The van der Waals surface area contributed by atoms with Crippen LogP contribution in [0.4, 0.5) is 5.82 Å². The molecule has 1 saturated carbocycles. The Bertz CT molecular complexity index is 856. The zero-order valence-electron chi connectivity index (χ0n) is 16.6. The van der Waals surface area contributed by atoms with Crippen LogP contribution in [0.15, 0.2) is 18.3 Å². The van der Waals surface area contributed by atoms with Gasteiger partial charge in [0.1, 0.15) is 17.3 Å². The van der Waals surface area contributed by atoms with Gasteiger partial charge in [-0.25, -0.2) is 9.97 Å². The van der Waals surface area contributed by atoms with E-state index in [1.165, 1.54) is 30.5 Å². The molecule has 148 valence electrons. The molecule has 6 heteroatoms. The van der Waals surface area contributed by atoms with E-state index in [1.54, 1.807) is 13.3 Å². The van der Waals surface area contributed by atoms with Crippen LogP contribution in [0.5, 0.6) is 5.75 Å². The third kappa shape index (κ3) is 3.24. The van der Waals surface area contributed by atoms with Gasteiger partial charge >= 0.3 is 0 Å². The zero-order valence-corrected chi connectivity index (χ0v) is 16.6. The molecular weight excluding hydrogens is 352 g/mol. The molecule has 2 aliphatic carbocycles. The number of ether oxygens (including phenoxy) is 2. The molecule has 3 aliphatic rings. The van der Waals surface area contributed by atoms with Crippen LogP contribution in [-0.2, 0) is 17.6 Å². The number of methoxy groups -OCH3 is 1. The average Bonchev–Trinajstić information content (AvgIpc) is 3.37. The van der Waals surface area contributed by atoms with Crippen LogP contribution >= 0.6 is 0 Å². The Labute approximate surface area is 166 Å². The lowest BCUT2D eigenvalue weighted by molar-refractivity contribution is 0.0373. The van der Waals surface area contributed by atoms with E-state index < -0.39 is 0 Å². The average molecular weight is 380 g/mol. The number of hydrogen-bond acceptors (Lipinski definition) is 6. The van der Waals surface area contributed by atoms with Crippen LogP contribution in [0.3, 0.4) is 0 Å². The Morgan fingerprint density at radius 2 is 2.07 bits per heavy atom. The van der Waals surface area contributed by atoms with Gasteiger partial charge in [-0.2, -0.15) is 0 Å². The molecule has 28 heavy (non-hydrogen) atoms. The second kappa shape index (κ2) is 7.66. The largest absolute Gasteiger partial charge is 0.497 e. The highest BCUT2D eigenvalue weighted by Crippen LogP contribution is 2.37. The highest BCUT2D eigenvalue weighted by Gasteiger charge is 2.36. The summed E-state index contributed by atoms with van der Waals surface area (Å²) in [6.07, 6.45) is 11.2. The third-order valence-electron chi connectivity index (χ3n) is 6.32. The van der Waals surface area contributed by atoms with Crippen LogP contribution < -0.4 is 9.64 Å². The minimum absolute atomic E-state index is 0.339. The summed E-state index contributed by atoms with van der Waals surface area (Å²) < 4.78 is 11.6. The van der Waals surface area contributed by atoms with Gasteiger partial charge in [0, 0.05) is 36.7 Å². The standard InChI is InChI=1S/C22H28N4O2/c1-27-15-10-11-23-18(14-15)21-24-17-7-4-6-16(17)22(25-21)26-12-2-3-13-28-20-9-5-8-19(20)26/h10-11,14,19-20H,2-9,12-13H2,1H3/t19?,20-/m1/s1. The fourth-order valence-electron chi connectivity index (χ4n) is 4.93. The number of fused-ring (bicyclic) bond motifs is 2. The van der Waals surface area contributed by atoms with E-state index in [0.717, 1.165) is 62.5 Å². The smallest absolute Gasteiger partial charge is 0.180 e. The van der Waals surface area contributed by atoms with Crippen molar-refractivity contribution in [1.29, 1.82) is 0 Å². The number of hydrogen-bond donors (Lipinski definition) is 0. The van der Waals surface area contributed by atoms with Gasteiger partial charge in [-0.3, -0.25) is 4.98 Å². The van der Waals surface area contributed by atoms with Crippen molar-refractivity contribution >= 4 is 5.82 Å². The van der Waals surface area contributed by atoms with Crippen molar-refractivity contribution in [2.75, 3.05) is 25.2 Å². The van der Waals surface area contributed by atoms with E-state index in [-0.39, 0.29) is 0 Å². The van der Waals surface area contributed by atoms with Crippen molar-refractivity contribution < 1.29 is 9.47 Å². The Morgan fingerprint density at radius 3 is 3.00 bits per heavy atom. The monoisotopic (exact) mass is 380 g/mol. The molecule has 0 bridgehead atoms. The lowest BCUT2D eigenvalue weighted by atomic mass is 10.1. The van der Waals surface area contributed by atoms with E-state index in [9.17, 15) is 0 Å². The van der Waals surface area contributed by atoms with Crippen LogP contribution in [-0.4, -0.2) is 47.4 Å². The summed E-state index contributed by atoms with van der Waals surface area (Å²) in [5.41, 5.74) is 3.32. The fraction of sp³-hybridized carbons (Fsp3) is 0.591. The maximum absolute atomic E-state index is 6.21. The predicted molar refractivity (Wildman–Crippen MR) is 108 cm³/mol. The number of aryl methyl sites for hydroxylation is 1. The number of nitrogens with zero attached hydrogens (tertiary/aromatic N) is 4. The number of aromatic nitrogens is 3. The Morgan fingerprint density at radius 1 is 1.11 bits per heavy atom. The van der Waals surface area contributed by atoms with Crippen LogP contribution in [0, 0.1) is 0 Å². The van der Waals surface area contributed by atoms with Gasteiger partial charge in [0.05, 0.1) is 19.3 Å². The molecule has 0 N–H and O–H groups in total. The lowest BCUT2D eigenvalue weighted by Gasteiger charge is -2.37. The van der Waals surface area contributed by atoms with Crippen molar-refractivity contribution in [3.63, 3.8) is 0 Å². The molecule has 0 spiro atoms. The molecule has 5 rings (SSSR count). The van der Waals surface area contributed by atoms with E-state index in [0.29, 0.717) is 18.0 Å². The van der Waals surface area contributed by atoms with E-state index in [4.69, 9.17) is 19.4 Å². The van der Waals surface area contributed by atoms with Crippen molar-refractivity contribution in [1.82, 2.24) is 15.0 Å². The molecule has 2 fully saturated rings. The first-order valence-electron chi connectivity index (χ1n) is 10.6. The second-order valence-electron chi connectivity index (χ2n) is 8.04. The summed E-state index contributed by atoms with van der Waals surface area (Å²) in [4.78, 5) is 17.1. The Hall–Kier alpha value is -2.21. The second-order valence-corrected chi connectivity index (χ2v) is 8.04. The van der Waals surface area contributed by atoms with Gasteiger partial charge in [-0.1, -0.05) is 0 Å². The number of pyridine rings is 1. The summed E-state index contributed by atoms with van der Waals surface area (Å²) in [6, 6.07) is 4.22. The Balaban J connectivity index is 1.59. The zero-order chi connectivity index (χ0) is 18.9. The van der Waals surface area contributed by atoms with Gasteiger partial charge < -0.3 is 14.4 Å². The van der Waals surface area contributed by atoms with Crippen LogP contribution in [0.1, 0.15) is 49.8 Å². The highest BCUT2D eigenvalue weighted by molar-refractivity contribution is 5.60. The molecular formula is C22H28N4O2. The summed E-state index contributed by atoms with van der Waals surface area (Å²) in [6.45, 7) is 1.95. The molecule has 1 aliphatic heterocycles. The van der Waals surface area contributed by atoms with E-state index in [2.05, 4.69) is 9.88 Å². The molecule has 1 unspecified atom stereocenters. The summed E-state index contributed by atoms with van der Waals surface area (Å²) in [7, 11) is 1.68. The molecule has 3 heterocycles. The van der Waals surface area contributed by atoms with Gasteiger partial charge in [-0.15, -0.1) is 0 Å². The van der Waals surface area contributed by atoms with Gasteiger partial charge in [0.15, 0.2) is 5.82 Å². The highest BCUT2D eigenvalue weighted by atomic mass is 16.5. The van der Waals surface area contributed by atoms with E-state index in [1.807, 2.05) is 12.1 Å². The topological polar surface area (TPSA) is 60.4 Å². The van der Waals surface area contributed by atoms with Crippen molar-refractivity contribution in [2.45, 2.75) is 63.5 Å². The fourth-order valence-corrected chi connectivity index (χ4v) is 4.93. The molecule has 0 aromatic carbocycles. The summed E-state index contributed by atoms with van der Waals surface area (Å²) >= 11 is 0. The SMILES string of the molecule is COc1ccnc(-c2nc3c(c(N4CCCCO[C@@H]5CCCC54)n2)CCC3)c1. The molecule has 1 saturated heterocycles. The Kier molecular flexibility index (Phi) is 4.89. The summed E-state index contributed by atoms with van der Waals surface area (Å²) in [5.74, 6) is 2.63. The van der Waals surface area contributed by atoms with E-state index >= 15 is 0 Å². The van der Waals surface area contributed by atoms with Crippen LogP contribution in [0.25, 0.3) is 11.5 Å². The predicted octanol–water partition coefficient (Wildman–Crippen LogP) is 3.57. The molecule has 2 aromatic rings. The number of rotatable bonds is 3. The van der Waals surface area contributed by atoms with Gasteiger partial charge in [0.25, 0.3) is 0 Å². The molecule has 0 amide bonds. The minimum Gasteiger partial charge on any atom is -0.497 e. The quantitative estimate of drug-likeness (QED) is 0.811. The molecule has 2 aromatic heterocycles. The number of anilines is 1. The molecule has 0 radical (unpaired) electrons. The minimum atomic E-state index is 0.339.